The van der Waals surface area contributed by atoms with E-state index in [1.165, 1.54) is 12.1 Å². The molecule has 0 radical (unpaired) electrons. The Bertz CT molecular complexity index is 596. The van der Waals surface area contributed by atoms with E-state index in [2.05, 4.69) is 20.7 Å². The van der Waals surface area contributed by atoms with Crippen LogP contribution >= 0.6 is 15.9 Å². The van der Waals surface area contributed by atoms with Crippen molar-refractivity contribution in [1.29, 1.82) is 5.26 Å². The number of benzene rings is 1. The number of hydrogen-bond donors (Lipinski definition) is 1. The first kappa shape index (κ1) is 14.9. The van der Waals surface area contributed by atoms with Crippen molar-refractivity contribution in [2.24, 2.45) is 0 Å². The summed E-state index contributed by atoms with van der Waals surface area (Å²) in [6.45, 7) is 3.20. The smallest absolute Gasteiger partial charge is 0.249 e. The summed E-state index contributed by atoms with van der Waals surface area (Å²) in [4.78, 5) is 0. The second-order valence-electron chi connectivity index (χ2n) is 3.75. The zero-order chi connectivity index (χ0) is 13.9. The van der Waals surface area contributed by atoms with Crippen LogP contribution in [0.25, 0.3) is 0 Å². The highest BCUT2D eigenvalue weighted by Crippen LogP contribution is 2.25. The summed E-state index contributed by atoms with van der Waals surface area (Å²) in [6.07, 6.45) is 0.188. The fourth-order valence-electron chi connectivity index (χ4n) is 1.36. The average molecular weight is 335 g/mol. The third-order valence-electron chi connectivity index (χ3n) is 2.41. The normalized spacial score (nSPS) is 12.8. The molecule has 0 aliphatic carbocycles. The molecular formula is C11H12BrFN2O2S. The summed E-state index contributed by atoms with van der Waals surface area (Å²) in [6, 6.07) is 4.28. The standard InChI is InChI=1S/C11H12BrFN2O2S/c1-3-8(6-14)18(16,17)15-11-5-9(12)10(13)4-7(11)2/h4-5,8,15H,3H2,1-2H3. The number of hydrogen-bond acceptors (Lipinski definition) is 3. The molecule has 7 heteroatoms. The number of anilines is 1. The topological polar surface area (TPSA) is 70.0 Å². The molecule has 4 nitrogen and oxygen atoms in total. The summed E-state index contributed by atoms with van der Waals surface area (Å²) in [7, 11) is -3.78. The molecule has 98 valence electrons. The van der Waals surface area contributed by atoms with Crippen molar-refractivity contribution in [3.05, 3.63) is 28.0 Å². The number of halogens is 2. The Balaban J connectivity index is 3.13. The summed E-state index contributed by atoms with van der Waals surface area (Å²) in [5, 5.41) is 7.64. The molecule has 18 heavy (non-hydrogen) atoms. The minimum atomic E-state index is -3.78. The molecule has 1 atom stereocenters. The van der Waals surface area contributed by atoms with Gasteiger partial charge >= 0.3 is 0 Å². The van der Waals surface area contributed by atoms with Crippen LogP contribution < -0.4 is 4.72 Å². The van der Waals surface area contributed by atoms with E-state index in [4.69, 9.17) is 5.26 Å². The van der Waals surface area contributed by atoms with Gasteiger partial charge in [0.1, 0.15) is 5.82 Å². The molecule has 1 rings (SSSR count). The molecule has 1 unspecified atom stereocenters. The third kappa shape index (κ3) is 3.21. The summed E-state index contributed by atoms with van der Waals surface area (Å²) >= 11 is 2.98. The summed E-state index contributed by atoms with van der Waals surface area (Å²) in [5.41, 5.74) is 0.712. The zero-order valence-corrected chi connectivity index (χ0v) is 12.3. The van der Waals surface area contributed by atoms with E-state index < -0.39 is 21.1 Å². The fourth-order valence-corrected chi connectivity index (χ4v) is 2.95. The maximum absolute atomic E-state index is 13.2. The van der Waals surface area contributed by atoms with Crippen molar-refractivity contribution in [2.75, 3.05) is 4.72 Å². The fraction of sp³-hybridized carbons (Fsp3) is 0.364. The van der Waals surface area contributed by atoms with Crippen molar-refractivity contribution < 1.29 is 12.8 Å². The Kier molecular flexibility index (Phi) is 4.71. The van der Waals surface area contributed by atoms with Crippen LogP contribution in [-0.2, 0) is 10.0 Å². The molecule has 1 N–H and O–H groups in total. The highest BCUT2D eigenvalue weighted by atomic mass is 79.9. The quantitative estimate of drug-likeness (QED) is 0.920. The molecule has 0 bridgehead atoms. The Morgan fingerprint density at radius 3 is 2.67 bits per heavy atom. The first-order valence-corrected chi connectivity index (χ1v) is 7.52. The van der Waals surface area contributed by atoms with Crippen molar-refractivity contribution in [1.82, 2.24) is 0 Å². The molecule has 0 fully saturated rings. The van der Waals surface area contributed by atoms with Gasteiger partial charge in [-0.25, -0.2) is 12.8 Å². The first-order chi connectivity index (χ1) is 8.31. The summed E-state index contributed by atoms with van der Waals surface area (Å²) in [5.74, 6) is -0.470. The van der Waals surface area contributed by atoms with Crippen LogP contribution in [0.15, 0.2) is 16.6 Å². The second kappa shape index (κ2) is 5.67. The van der Waals surface area contributed by atoms with E-state index in [9.17, 15) is 12.8 Å². The van der Waals surface area contributed by atoms with E-state index in [0.717, 1.165) is 0 Å². The molecule has 0 heterocycles. The number of nitrogens with zero attached hydrogens (tertiary/aromatic N) is 1. The second-order valence-corrected chi connectivity index (χ2v) is 6.47. The van der Waals surface area contributed by atoms with Gasteiger partial charge < -0.3 is 0 Å². The maximum atomic E-state index is 13.2. The molecular weight excluding hydrogens is 323 g/mol. The van der Waals surface area contributed by atoms with Gasteiger partial charge in [0.25, 0.3) is 0 Å². The minimum Gasteiger partial charge on any atom is -0.282 e. The first-order valence-electron chi connectivity index (χ1n) is 5.18. The van der Waals surface area contributed by atoms with Gasteiger partial charge in [0.15, 0.2) is 5.25 Å². The molecule has 0 aliphatic rings. The summed E-state index contributed by atoms with van der Waals surface area (Å²) < 4.78 is 39.4. The highest BCUT2D eigenvalue weighted by Gasteiger charge is 2.24. The number of nitrogens with one attached hydrogen (secondary N) is 1. The van der Waals surface area contributed by atoms with Crippen LogP contribution in [0, 0.1) is 24.1 Å². The number of nitriles is 1. The molecule has 0 spiro atoms. The van der Waals surface area contributed by atoms with Crippen molar-refractivity contribution in [3.63, 3.8) is 0 Å². The number of sulfonamides is 1. The Morgan fingerprint density at radius 2 is 2.17 bits per heavy atom. The zero-order valence-electron chi connectivity index (χ0n) is 9.87. The lowest BCUT2D eigenvalue weighted by molar-refractivity contribution is 0.592. The van der Waals surface area contributed by atoms with E-state index >= 15 is 0 Å². The monoisotopic (exact) mass is 334 g/mol. The van der Waals surface area contributed by atoms with Crippen LogP contribution in [0.4, 0.5) is 10.1 Å². The predicted molar refractivity (Wildman–Crippen MR) is 71.1 cm³/mol. The van der Waals surface area contributed by atoms with Gasteiger partial charge in [0.2, 0.25) is 10.0 Å². The van der Waals surface area contributed by atoms with E-state index in [-0.39, 0.29) is 16.6 Å². The molecule has 0 saturated heterocycles. The van der Waals surface area contributed by atoms with Crippen LogP contribution in [0.3, 0.4) is 0 Å². The van der Waals surface area contributed by atoms with Gasteiger partial charge in [0, 0.05) is 0 Å². The molecule has 1 aromatic carbocycles. The van der Waals surface area contributed by atoms with E-state index in [0.29, 0.717) is 5.56 Å². The van der Waals surface area contributed by atoms with E-state index in [1.807, 2.05) is 0 Å². The average Bonchev–Trinajstić information content (AvgIpc) is 2.26. The van der Waals surface area contributed by atoms with Crippen molar-refractivity contribution in [2.45, 2.75) is 25.5 Å². The highest BCUT2D eigenvalue weighted by molar-refractivity contribution is 9.10. The molecule has 0 saturated carbocycles. The van der Waals surface area contributed by atoms with E-state index in [1.54, 1.807) is 19.9 Å². The molecule has 0 aliphatic heterocycles. The Hall–Kier alpha value is -1.13. The third-order valence-corrected chi connectivity index (χ3v) is 4.71. The lowest BCUT2D eigenvalue weighted by atomic mass is 10.2. The molecule has 0 amide bonds. The largest absolute Gasteiger partial charge is 0.282 e. The Labute approximate surface area is 114 Å². The van der Waals surface area contributed by atoms with Crippen molar-refractivity contribution >= 4 is 31.6 Å². The van der Waals surface area contributed by atoms with Crippen LogP contribution in [-0.4, -0.2) is 13.7 Å². The molecule has 1 aromatic rings. The van der Waals surface area contributed by atoms with Crippen molar-refractivity contribution in [3.8, 4) is 6.07 Å². The molecule has 0 aromatic heterocycles. The van der Waals surface area contributed by atoms with Gasteiger partial charge in [-0.3, -0.25) is 4.72 Å². The van der Waals surface area contributed by atoms with Crippen LogP contribution in [0.1, 0.15) is 18.9 Å². The van der Waals surface area contributed by atoms with Gasteiger partial charge in [-0.1, -0.05) is 6.92 Å². The van der Waals surface area contributed by atoms with Crippen LogP contribution in [0.5, 0.6) is 0 Å². The van der Waals surface area contributed by atoms with Crippen LogP contribution in [0.2, 0.25) is 0 Å². The Morgan fingerprint density at radius 1 is 1.56 bits per heavy atom. The van der Waals surface area contributed by atoms with Gasteiger partial charge in [-0.2, -0.15) is 5.26 Å². The van der Waals surface area contributed by atoms with Gasteiger partial charge in [0.05, 0.1) is 16.2 Å². The van der Waals surface area contributed by atoms with Gasteiger partial charge in [-0.05, 0) is 47.0 Å². The predicted octanol–water partition coefficient (Wildman–Crippen LogP) is 2.94. The lowest BCUT2D eigenvalue weighted by Gasteiger charge is -2.13. The minimum absolute atomic E-state index is 0.163. The lowest BCUT2D eigenvalue weighted by Crippen LogP contribution is -2.26. The van der Waals surface area contributed by atoms with Gasteiger partial charge in [-0.15, -0.1) is 0 Å². The SMILES string of the molecule is CCC(C#N)S(=O)(=O)Nc1cc(Br)c(F)cc1C. The number of aryl methyl sites for hydroxylation is 1. The number of rotatable bonds is 4. The maximum Gasteiger partial charge on any atom is 0.249 e.